The highest BCUT2D eigenvalue weighted by Gasteiger charge is 2.12. The zero-order valence-electron chi connectivity index (χ0n) is 15.0. The van der Waals surface area contributed by atoms with Gasteiger partial charge < -0.3 is 10.1 Å². The van der Waals surface area contributed by atoms with Gasteiger partial charge in [0, 0.05) is 6.54 Å². The van der Waals surface area contributed by atoms with Crippen LogP contribution in [0.2, 0.25) is 0 Å². The third-order valence-corrected chi connectivity index (χ3v) is 5.05. The van der Waals surface area contributed by atoms with E-state index < -0.39 is 0 Å². The summed E-state index contributed by atoms with van der Waals surface area (Å²) in [7, 11) is 0. The van der Waals surface area contributed by atoms with E-state index in [2.05, 4.69) is 10.3 Å². The topological polar surface area (TPSA) is 51.2 Å². The molecule has 0 aliphatic rings. The second-order valence-corrected chi connectivity index (χ2v) is 7.27. The summed E-state index contributed by atoms with van der Waals surface area (Å²) in [6.07, 6.45) is 0.779. The standard InChI is InChI=1S/C21H22N2O2S/c1-15-20(26-16(2)23-15)21(24)22-13-12-17-8-10-19(11-9-17)25-14-18-6-4-3-5-7-18/h3-11H,12-14H2,1-2H3,(H,22,24). The lowest BCUT2D eigenvalue weighted by atomic mass is 10.1. The Hall–Kier alpha value is -2.66. The number of aryl methyl sites for hydroxylation is 2. The molecular formula is C21H22N2O2S. The Balaban J connectivity index is 1.45. The Kier molecular flexibility index (Phi) is 6.02. The molecule has 0 radical (unpaired) electrons. The molecule has 0 spiro atoms. The first-order valence-electron chi connectivity index (χ1n) is 8.60. The number of amides is 1. The van der Waals surface area contributed by atoms with E-state index in [1.807, 2.05) is 68.4 Å². The van der Waals surface area contributed by atoms with Crippen LogP contribution in [0.1, 0.15) is 31.5 Å². The van der Waals surface area contributed by atoms with Crippen LogP contribution in [0.4, 0.5) is 0 Å². The zero-order valence-corrected chi connectivity index (χ0v) is 15.8. The molecule has 134 valence electrons. The highest BCUT2D eigenvalue weighted by atomic mass is 32.1. The maximum atomic E-state index is 12.2. The van der Waals surface area contributed by atoms with Crippen LogP contribution in [-0.2, 0) is 13.0 Å². The molecule has 3 aromatic rings. The predicted molar refractivity (Wildman–Crippen MR) is 105 cm³/mol. The molecule has 1 aromatic heterocycles. The van der Waals surface area contributed by atoms with Crippen LogP contribution >= 0.6 is 11.3 Å². The van der Waals surface area contributed by atoms with E-state index >= 15 is 0 Å². The fourth-order valence-corrected chi connectivity index (χ4v) is 3.47. The first-order chi connectivity index (χ1) is 12.6. The molecule has 26 heavy (non-hydrogen) atoms. The van der Waals surface area contributed by atoms with E-state index in [-0.39, 0.29) is 5.91 Å². The van der Waals surface area contributed by atoms with Crippen molar-refractivity contribution in [1.29, 1.82) is 0 Å². The average molecular weight is 366 g/mol. The molecule has 0 saturated carbocycles. The van der Waals surface area contributed by atoms with Crippen molar-refractivity contribution in [2.45, 2.75) is 26.9 Å². The van der Waals surface area contributed by atoms with E-state index in [4.69, 9.17) is 4.74 Å². The Morgan fingerprint density at radius 1 is 1.04 bits per heavy atom. The van der Waals surface area contributed by atoms with Crippen molar-refractivity contribution in [2.75, 3.05) is 6.54 Å². The fraction of sp³-hybridized carbons (Fsp3) is 0.238. The highest BCUT2D eigenvalue weighted by Crippen LogP contribution is 2.17. The first-order valence-corrected chi connectivity index (χ1v) is 9.41. The Morgan fingerprint density at radius 3 is 2.42 bits per heavy atom. The largest absolute Gasteiger partial charge is 0.489 e. The highest BCUT2D eigenvalue weighted by molar-refractivity contribution is 7.13. The number of thiazole rings is 1. The SMILES string of the molecule is Cc1nc(C)c(C(=O)NCCc2ccc(OCc3ccccc3)cc2)s1. The Bertz CT molecular complexity index is 857. The van der Waals surface area contributed by atoms with Crippen LogP contribution in [0.25, 0.3) is 0 Å². The summed E-state index contributed by atoms with van der Waals surface area (Å²) < 4.78 is 5.79. The lowest BCUT2D eigenvalue weighted by Crippen LogP contribution is -2.25. The summed E-state index contributed by atoms with van der Waals surface area (Å²) >= 11 is 1.43. The maximum Gasteiger partial charge on any atom is 0.263 e. The molecule has 3 rings (SSSR count). The van der Waals surface area contributed by atoms with Gasteiger partial charge in [0.2, 0.25) is 0 Å². The van der Waals surface area contributed by atoms with Gasteiger partial charge in [0.05, 0.1) is 10.7 Å². The van der Waals surface area contributed by atoms with Gasteiger partial charge in [-0.1, -0.05) is 42.5 Å². The summed E-state index contributed by atoms with van der Waals surface area (Å²) in [6, 6.07) is 18.1. The smallest absolute Gasteiger partial charge is 0.263 e. The molecule has 1 heterocycles. The van der Waals surface area contributed by atoms with E-state index in [9.17, 15) is 4.79 Å². The lowest BCUT2D eigenvalue weighted by Gasteiger charge is -2.08. The van der Waals surface area contributed by atoms with Crippen LogP contribution < -0.4 is 10.1 Å². The molecule has 0 unspecified atom stereocenters. The second-order valence-electron chi connectivity index (χ2n) is 6.07. The number of aromatic nitrogens is 1. The minimum absolute atomic E-state index is 0.0454. The van der Waals surface area contributed by atoms with Crippen molar-refractivity contribution >= 4 is 17.2 Å². The molecular weight excluding hydrogens is 344 g/mol. The second kappa shape index (κ2) is 8.63. The van der Waals surface area contributed by atoms with E-state index in [0.717, 1.165) is 34.0 Å². The van der Waals surface area contributed by atoms with Crippen molar-refractivity contribution in [3.63, 3.8) is 0 Å². The van der Waals surface area contributed by atoms with E-state index in [0.29, 0.717) is 18.0 Å². The molecule has 5 heteroatoms. The number of carbonyl (C=O) groups is 1. The predicted octanol–water partition coefficient (Wildman–Crippen LogP) is 4.31. The molecule has 0 saturated heterocycles. The van der Waals surface area contributed by atoms with Crippen molar-refractivity contribution in [3.8, 4) is 5.75 Å². The summed E-state index contributed by atoms with van der Waals surface area (Å²) in [4.78, 5) is 17.2. The number of benzene rings is 2. The van der Waals surface area contributed by atoms with Crippen molar-refractivity contribution in [1.82, 2.24) is 10.3 Å². The van der Waals surface area contributed by atoms with Gasteiger partial charge in [-0.15, -0.1) is 11.3 Å². The number of ether oxygens (including phenoxy) is 1. The van der Waals surface area contributed by atoms with Gasteiger partial charge in [0.1, 0.15) is 17.2 Å². The molecule has 2 aromatic carbocycles. The summed E-state index contributed by atoms with van der Waals surface area (Å²) in [5, 5.41) is 3.88. The first kappa shape index (κ1) is 18.1. The van der Waals surface area contributed by atoms with Crippen LogP contribution in [0.15, 0.2) is 54.6 Å². The van der Waals surface area contributed by atoms with Crippen molar-refractivity contribution in [3.05, 3.63) is 81.3 Å². The molecule has 0 bridgehead atoms. The van der Waals surface area contributed by atoms with Crippen LogP contribution in [0.5, 0.6) is 5.75 Å². The molecule has 0 fully saturated rings. The minimum atomic E-state index is -0.0454. The Morgan fingerprint density at radius 2 is 1.77 bits per heavy atom. The normalized spacial score (nSPS) is 10.5. The summed E-state index contributed by atoms with van der Waals surface area (Å²) in [5.41, 5.74) is 3.10. The Labute approximate surface area is 157 Å². The molecule has 0 aliphatic heterocycles. The molecule has 4 nitrogen and oxygen atoms in total. The maximum absolute atomic E-state index is 12.2. The van der Waals surface area contributed by atoms with Gasteiger partial charge in [0.15, 0.2) is 0 Å². The van der Waals surface area contributed by atoms with Crippen LogP contribution in [0.3, 0.4) is 0 Å². The summed E-state index contributed by atoms with van der Waals surface area (Å²) in [5.74, 6) is 0.799. The number of hydrogen-bond donors (Lipinski definition) is 1. The number of nitrogens with one attached hydrogen (secondary N) is 1. The van der Waals surface area contributed by atoms with Crippen molar-refractivity contribution < 1.29 is 9.53 Å². The molecule has 1 N–H and O–H groups in total. The number of nitrogens with zero attached hydrogens (tertiary/aromatic N) is 1. The number of rotatable bonds is 7. The molecule has 0 aliphatic carbocycles. The van der Waals surface area contributed by atoms with Gasteiger partial charge in [0.25, 0.3) is 5.91 Å². The molecule has 1 amide bonds. The number of carbonyl (C=O) groups excluding carboxylic acids is 1. The van der Waals surface area contributed by atoms with Gasteiger partial charge in [-0.3, -0.25) is 4.79 Å². The number of hydrogen-bond acceptors (Lipinski definition) is 4. The van der Waals surface area contributed by atoms with Crippen LogP contribution in [0, 0.1) is 13.8 Å². The van der Waals surface area contributed by atoms with Crippen molar-refractivity contribution in [2.24, 2.45) is 0 Å². The summed E-state index contributed by atoms with van der Waals surface area (Å²) in [6.45, 7) is 4.94. The van der Waals surface area contributed by atoms with E-state index in [1.54, 1.807) is 0 Å². The quantitative estimate of drug-likeness (QED) is 0.678. The fourth-order valence-electron chi connectivity index (χ4n) is 2.64. The zero-order chi connectivity index (χ0) is 18.4. The van der Waals surface area contributed by atoms with Gasteiger partial charge in [-0.25, -0.2) is 4.98 Å². The van der Waals surface area contributed by atoms with Gasteiger partial charge >= 0.3 is 0 Å². The third-order valence-electron chi connectivity index (χ3n) is 3.98. The van der Waals surface area contributed by atoms with Gasteiger partial charge in [-0.2, -0.15) is 0 Å². The molecule has 0 atom stereocenters. The minimum Gasteiger partial charge on any atom is -0.489 e. The lowest BCUT2D eigenvalue weighted by molar-refractivity contribution is 0.0957. The third kappa shape index (κ3) is 4.92. The van der Waals surface area contributed by atoms with E-state index in [1.165, 1.54) is 11.3 Å². The monoisotopic (exact) mass is 366 g/mol. The van der Waals surface area contributed by atoms with Gasteiger partial charge in [-0.05, 0) is 43.5 Å². The average Bonchev–Trinajstić information content (AvgIpc) is 3.00. The van der Waals surface area contributed by atoms with Crippen LogP contribution in [-0.4, -0.2) is 17.4 Å².